The second-order valence-corrected chi connectivity index (χ2v) is 7.26. The maximum absolute atomic E-state index is 12.8. The molecule has 146 valence electrons. The summed E-state index contributed by atoms with van der Waals surface area (Å²) in [5.74, 6) is 0.382. The van der Waals surface area contributed by atoms with Crippen molar-refractivity contribution < 1.29 is 22.6 Å². The fraction of sp³-hybridized carbons (Fsp3) is 0.684. The van der Waals surface area contributed by atoms with Gasteiger partial charge >= 0.3 is 6.18 Å². The summed E-state index contributed by atoms with van der Waals surface area (Å²) in [5.41, 5.74) is 1.05. The molecule has 1 saturated heterocycles. The molecule has 1 aliphatic heterocycles. The van der Waals surface area contributed by atoms with Gasteiger partial charge in [-0.2, -0.15) is 13.2 Å². The maximum atomic E-state index is 12.8. The van der Waals surface area contributed by atoms with Crippen LogP contribution in [0.1, 0.15) is 32.1 Å². The van der Waals surface area contributed by atoms with Gasteiger partial charge in [0.15, 0.2) is 0 Å². The minimum Gasteiger partial charge on any atom is -0.497 e. The number of anilines is 1. The van der Waals surface area contributed by atoms with Crippen LogP contribution in [0.15, 0.2) is 18.2 Å². The molecule has 1 aliphatic carbocycles. The van der Waals surface area contributed by atoms with Crippen LogP contribution in [0, 0.1) is 5.92 Å². The molecule has 3 rings (SSSR count). The van der Waals surface area contributed by atoms with Gasteiger partial charge in [0.1, 0.15) is 11.5 Å². The molecule has 1 atom stereocenters. The summed E-state index contributed by atoms with van der Waals surface area (Å²) in [7, 11) is 3.26. The number of hydrogen-bond donors (Lipinski definition) is 1. The van der Waals surface area contributed by atoms with Crippen LogP contribution in [0.3, 0.4) is 0 Å². The first-order valence-corrected chi connectivity index (χ1v) is 9.20. The van der Waals surface area contributed by atoms with E-state index in [4.69, 9.17) is 9.47 Å². The van der Waals surface area contributed by atoms with E-state index >= 15 is 0 Å². The zero-order valence-corrected chi connectivity index (χ0v) is 15.3. The Hall–Kier alpha value is -1.63. The van der Waals surface area contributed by atoms with Crippen molar-refractivity contribution in [2.75, 3.05) is 32.2 Å². The Morgan fingerprint density at radius 3 is 2.08 bits per heavy atom. The van der Waals surface area contributed by atoms with Crippen LogP contribution in [0.2, 0.25) is 0 Å². The molecule has 7 heteroatoms. The monoisotopic (exact) mass is 372 g/mol. The van der Waals surface area contributed by atoms with Crippen molar-refractivity contribution in [2.45, 2.75) is 50.4 Å². The van der Waals surface area contributed by atoms with Gasteiger partial charge in [-0.15, -0.1) is 0 Å². The highest BCUT2D eigenvalue weighted by atomic mass is 19.4. The molecular formula is C19H27F3N2O2. The topological polar surface area (TPSA) is 33.7 Å². The maximum Gasteiger partial charge on any atom is 0.391 e. The minimum absolute atomic E-state index is 0.193. The summed E-state index contributed by atoms with van der Waals surface area (Å²) >= 11 is 0. The van der Waals surface area contributed by atoms with Gasteiger partial charge in [-0.25, -0.2) is 0 Å². The van der Waals surface area contributed by atoms with E-state index in [2.05, 4.69) is 10.2 Å². The van der Waals surface area contributed by atoms with Crippen molar-refractivity contribution in [1.82, 2.24) is 5.32 Å². The highest BCUT2D eigenvalue weighted by Gasteiger charge is 2.41. The van der Waals surface area contributed by atoms with Gasteiger partial charge in [0, 0.05) is 49.1 Å². The number of benzene rings is 1. The molecule has 1 aromatic rings. The van der Waals surface area contributed by atoms with Gasteiger partial charge in [0.2, 0.25) is 0 Å². The molecule has 1 aromatic carbocycles. The van der Waals surface area contributed by atoms with Crippen LogP contribution in [0.25, 0.3) is 0 Å². The molecule has 0 bridgehead atoms. The highest BCUT2D eigenvalue weighted by molar-refractivity contribution is 5.56. The van der Waals surface area contributed by atoms with Crippen LogP contribution >= 0.6 is 0 Å². The van der Waals surface area contributed by atoms with Crippen LogP contribution in [0.5, 0.6) is 11.5 Å². The Morgan fingerprint density at radius 1 is 0.923 bits per heavy atom. The first kappa shape index (κ1) is 19.1. The molecule has 0 aromatic heterocycles. The van der Waals surface area contributed by atoms with Crippen molar-refractivity contribution in [3.05, 3.63) is 18.2 Å². The van der Waals surface area contributed by atoms with E-state index in [1.54, 1.807) is 14.2 Å². The molecule has 1 N–H and O–H groups in total. The molecule has 0 spiro atoms. The third-order valence-electron chi connectivity index (χ3n) is 5.55. The summed E-state index contributed by atoms with van der Waals surface area (Å²) < 4.78 is 49.0. The van der Waals surface area contributed by atoms with E-state index in [9.17, 15) is 13.2 Å². The Bertz CT molecular complexity index is 579. The number of ether oxygens (including phenoxy) is 2. The van der Waals surface area contributed by atoms with Crippen molar-refractivity contribution >= 4 is 5.69 Å². The van der Waals surface area contributed by atoms with Gasteiger partial charge in [-0.05, 0) is 32.1 Å². The molecule has 0 unspecified atom stereocenters. The Labute approximate surface area is 152 Å². The number of hydrogen-bond acceptors (Lipinski definition) is 4. The normalized spacial score (nSPS) is 26.8. The lowest BCUT2D eigenvalue weighted by atomic mass is 9.85. The number of alkyl halides is 3. The van der Waals surface area contributed by atoms with Crippen molar-refractivity contribution in [3.63, 3.8) is 0 Å². The molecule has 0 radical (unpaired) electrons. The molecule has 2 fully saturated rings. The van der Waals surface area contributed by atoms with Crippen LogP contribution in [-0.2, 0) is 0 Å². The Morgan fingerprint density at radius 2 is 1.54 bits per heavy atom. The van der Waals surface area contributed by atoms with Crippen LogP contribution in [-0.4, -0.2) is 45.6 Å². The molecule has 4 nitrogen and oxygen atoms in total. The molecule has 0 amide bonds. The SMILES string of the molecule is COc1cc(OC)cc(N2CC[C@H](NC3CCC(C(F)(F)F)CC3)C2)c1. The van der Waals surface area contributed by atoms with Crippen molar-refractivity contribution in [1.29, 1.82) is 0 Å². The summed E-state index contributed by atoms with van der Waals surface area (Å²) in [6, 6.07) is 6.31. The molecule has 2 aliphatic rings. The van der Waals surface area contributed by atoms with Gasteiger partial charge in [0.05, 0.1) is 20.1 Å². The Kier molecular flexibility index (Phi) is 5.85. The lowest BCUT2D eigenvalue weighted by molar-refractivity contribution is -0.182. The minimum atomic E-state index is -4.04. The van der Waals surface area contributed by atoms with E-state index in [1.807, 2.05) is 18.2 Å². The van der Waals surface area contributed by atoms with E-state index in [0.717, 1.165) is 36.7 Å². The van der Waals surface area contributed by atoms with E-state index in [1.165, 1.54) is 0 Å². The summed E-state index contributed by atoms with van der Waals surface area (Å²) in [6.45, 7) is 1.75. The fourth-order valence-corrected chi connectivity index (χ4v) is 4.03. The van der Waals surface area contributed by atoms with Gasteiger partial charge in [-0.1, -0.05) is 0 Å². The number of nitrogens with zero attached hydrogens (tertiary/aromatic N) is 1. The lowest BCUT2D eigenvalue weighted by Crippen LogP contribution is -2.43. The Balaban J connectivity index is 1.53. The molecule has 1 heterocycles. The zero-order chi connectivity index (χ0) is 18.7. The third kappa shape index (κ3) is 4.55. The first-order valence-electron chi connectivity index (χ1n) is 9.20. The summed E-state index contributed by atoms with van der Waals surface area (Å²) in [4.78, 5) is 2.27. The van der Waals surface area contributed by atoms with Crippen LogP contribution < -0.4 is 19.7 Å². The number of nitrogens with one attached hydrogen (secondary N) is 1. The smallest absolute Gasteiger partial charge is 0.391 e. The average molecular weight is 372 g/mol. The van der Waals surface area contributed by atoms with Crippen LogP contribution in [0.4, 0.5) is 18.9 Å². The fourth-order valence-electron chi connectivity index (χ4n) is 4.03. The second-order valence-electron chi connectivity index (χ2n) is 7.26. The number of methoxy groups -OCH3 is 2. The quantitative estimate of drug-likeness (QED) is 0.847. The third-order valence-corrected chi connectivity index (χ3v) is 5.55. The van der Waals surface area contributed by atoms with Crippen molar-refractivity contribution in [3.8, 4) is 11.5 Å². The predicted octanol–water partition coefficient (Wildman–Crippen LogP) is 3.99. The van der Waals surface area contributed by atoms with E-state index in [-0.39, 0.29) is 18.9 Å². The average Bonchev–Trinajstić information content (AvgIpc) is 3.09. The predicted molar refractivity (Wildman–Crippen MR) is 95.1 cm³/mol. The van der Waals surface area contributed by atoms with E-state index < -0.39 is 12.1 Å². The summed E-state index contributed by atoms with van der Waals surface area (Å²) in [5, 5.41) is 3.58. The number of rotatable bonds is 5. The molecule has 26 heavy (non-hydrogen) atoms. The lowest BCUT2D eigenvalue weighted by Gasteiger charge is -2.32. The standard InChI is InChI=1S/C19H27F3N2O2/c1-25-17-9-16(10-18(11-17)26-2)24-8-7-15(12-24)23-14-5-3-13(4-6-14)19(20,21)22/h9-11,13-15,23H,3-8,12H2,1-2H3/t13?,14?,15-/m0/s1. The zero-order valence-electron chi connectivity index (χ0n) is 15.3. The largest absolute Gasteiger partial charge is 0.497 e. The van der Waals surface area contributed by atoms with Gasteiger partial charge < -0.3 is 19.7 Å². The second kappa shape index (κ2) is 7.94. The van der Waals surface area contributed by atoms with Gasteiger partial charge in [0.25, 0.3) is 0 Å². The first-order chi connectivity index (χ1) is 12.4. The number of halogens is 3. The molecular weight excluding hydrogens is 345 g/mol. The molecule has 1 saturated carbocycles. The highest BCUT2D eigenvalue weighted by Crippen LogP contribution is 2.38. The van der Waals surface area contributed by atoms with E-state index in [0.29, 0.717) is 18.9 Å². The summed E-state index contributed by atoms with van der Waals surface area (Å²) in [6.07, 6.45) is -1.37. The van der Waals surface area contributed by atoms with Crippen molar-refractivity contribution in [2.24, 2.45) is 5.92 Å². The van der Waals surface area contributed by atoms with Gasteiger partial charge in [-0.3, -0.25) is 0 Å².